The lowest BCUT2D eigenvalue weighted by Gasteiger charge is -2.34. The molecule has 0 unspecified atom stereocenters. The fraction of sp³-hybridized carbons (Fsp3) is 0.609. The second kappa shape index (κ2) is 10.6. The fourth-order valence-electron chi connectivity index (χ4n) is 4.13. The van der Waals surface area contributed by atoms with Crippen LogP contribution in [0.5, 0.6) is 0 Å². The van der Waals surface area contributed by atoms with E-state index in [4.69, 9.17) is 0 Å². The van der Waals surface area contributed by atoms with Gasteiger partial charge >= 0.3 is 0 Å². The second-order valence-electron chi connectivity index (χ2n) is 8.13. The van der Waals surface area contributed by atoms with Crippen molar-refractivity contribution < 1.29 is 4.79 Å². The Bertz CT molecular complexity index is 585. The van der Waals surface area contributed by atoms with Gasteiger partial charge in [-0.05, 0) is 57.3 Å². The highest BCUT2D eigenvalue weighted by molar-refractivity contribution is 5.76. The first kappa shape index (κ1) is 20.1. The summed E-state index contributed by atoms with van der Waals surface area (Å²) >= 11 is 0. The fourth-order valence-corrected chi connectivity index (χ4v) is 4.13. The van der Waals surface area contributed by atoms with Crippen molar-refractivity contribution in [2.24, 2.45) is 5.92 Å². The molecule has 0 N–H and O–H groups in total. The molecule has 4 heteroatoms. The van der Waals surface area contributed by atoms with Gasteiger partial charge in [0.2, 0.25) is 5.91 Å². The van der Waals surface area contributed by atoms with Crippen LogP contribution in [0.25, 0.3) is 6.08 Å². The van der Waals surface area contributed by atoms with E-state index in [0.29, 0.717) is 5.91 Å². The van der Waals surface area contributed by atoms with Crippen LogP contribution in [0.3, 0.4) is 0 Å². The van der Waals surface area contributed by atoms with Crippen molar-refractivity contribution >= 4 is 12.0 Å². The van der Waals surface area contributed by atoms with Gasteiger partial charge < -0.3 is 9.80 Å². The Hall–Kier alpha value is -1.65. The van der Waals surface area contributed by atoms with Gasteiger partial charge in [0.25, 0.3) is 0 Å². The van der Waals surface area contributed by atoms with Crippen molar-refractivity contribution in [2.45, 2.75) is 32.1 Å². The first-order valence-corrected chi connectivity index (χ1v) is 10.6. The number of hydrogen-bond acceptors (Lipinski definition) is 3. The Morgan fingerprint density at radius 3 is 2.44 bits per heavy atom. The molecule has 0 bridgehead atoms. The number of piperazine rings is 1. The van der Waals surface area contributed by atoms with Crippen molar-refractivity contribution in [3.63, 3.8) is 0 Å². The highest BCUT2D eigenvalue weighted by Crippen LogP contribution is 2.22. The van der Waals surface area contributed by atoms with Crippen molar-refractivity contribution in [3.05, 3.63) is 42.0 Å². The van der Waals surface area contributed by atoms with Crippen LogP contribution in [0.15, 0.2) is 36.4 Å². The molecule has 3 rings (SSSR count). The summed E-state index contributed by atoms with van der Waals surface area (Å²) in [6, 6.07) is 10.4. The summed E-state index contributed by atoms with van der Waals surface area (Å²) in [5.74, 6) is 1.20. The Balaban J connectivity index is 1.29. The van der Waals surface area contributed by atoms with Crippen LogP contribution >= 0.6 is 0 Å². The molecule has 1 aromatic rings. The zero-order valence-corrected chi connectivity index (χ0v) is 16.9. The standard InChI is InChI=1S/C23H35N3O/c1-24-15-12-22(13-16-24)9-5-11-23(27)26-19-17-25(18-20-26)14-6-10-21-7-3-2-4-8-21/h2-4,6-8,10,22H,5,9,11-20H2,1H3/b10-6+. The zero-order chi connectivity index (χ0) is 18.9. The molecule has 1 amide bonds. The van der Waals surface area contributed by atoms with Crippen LogP contribution in [0.2, 0.25) is 0 Å². The number of hydrogen-bond donors (Lipinski definition) is 0. The van der Waals surface area contributed by atoms with Crippen molar-refractivity contribution in [1.82, 2.24) is 14.7 Å². The Labute approximate surface area is 164 Å². The maximum Gasteiger partial charge on any atom is 0.222 e. The quantitative estimate of drug-likeness (QED) is 0.737. The molecule has 4 nitrogen and oxygen atoms in total. The van der Waals surface area contributed by atoms with E-state index in [1.807, 2.05) is 6.07 Å². The lowest BCUT2D eigenvalue weighted by Crippen LogP contribution is -2.48. The third kappa shape index (κ3) is 6.78. The predicted molar refractivity (Wildman–Crippen MR) is 113 cm³/mol. The minimum absolute atomic E-state index is 0.363. The van der Waals surface area contributed by atoms with E-state index in [1.54, 1.807) is 0 Å². The molecule has 2 heterocycles. The van der Waals surface area contributed by atoms with E-state index in [-0.39, 0.29) is 0 Å². The summed E-state index contributed by atoms with van der Waals surface area (Å²) in [7, 11) is 2.21. The number of carbonyl (C=O) groups is 1. The van der Waals surface area contributed by atoms with E-state index in [9.17, 15) is 4.79 Å². The SMILES string of the molecule is CN1CCC(CCCC(=O)N2CCN(C/C=C/c3ccccc3)CC2)CC1. The van der Waals surface area contributed by atoms with Crippen molar-refractivity contribution in [2.75, 3.05) is 52.9 Å². The van der Waals surface area contributed by atoms with Gasteiger partial charge in [-0.3, -0.25) is 9.69 Å². The number of rotatable bonds is 7. The number of carbonyl (C=O) groups excluding carboxylic acids is 1. The van der Waals surface area contributed by atoms with Crippen LogP contribution in [0.4, 0.5) is 0 Å². The Morgan fingerprint density at radius 2 is 1.74 bits per heavy atom. The molecule has 2 fully saturated rings. The average Bonchev–Trinajstić information content (AvgIpc) is 2.71. The number of likely N-dealkylation sites (tertiary alicyclic amines) is 1. The van der Waals surface area contributed by atoms with Crippen LogP contribution in [-0.2, 0) is 4.79 Å². The van der Waals surface area contributed by atoms with Gasteiger partial charge in [-0.2, -0.15) is 0 Å². The van der Waals surface area contributed by atoms with Crippen LogP contribution in [0.1, 0.15) is 37.7 Å². The highest BCUT2D eigenvalue weighted by atomic mass is 16.2. The van der Waals surface area contributed by atoms with Gasteiger partial charge in [0.1, 0.15) is 0 Å². The molecule has 2 saturated heterocycles. The largest absolute Gasteiger partial charge is 0.340 e. The third-order valence-corrected chi connectivity index (χ3v) is 6.04. The molecule has 0 radical (unpaired) electrons. The maximum atomic E-state index is 12.5. The Morgan fingerprint density at radius 1 is 1.04 bits per heavy atom. The van der Waals surface area contributed by atoms with Crippen LogP contribution in [0, 0.1) is 5.92 Å². The van der Waals surface area contributed by atoms with E-state index in [2.05, 4.69) is 58.2 Å². The molecule has 148 valence electrons. The van der Waals surface area contributed by atoms with Gasteiger partial charge in [-0.25, -0.2) is 0 Å². The summed E-state index contributed by atoms with van der Waals surface area (Å²) in [6.45, 7) is 7.14. The molecule has 0 spiro atoms. The molecule has 0 aromatic heterocycles. The van der Waals surface area contributed by atoms with Gasteiger partial charge in [0.05, 0.1) is 0 Å². The van der Waals surface area contributed by atoms with E-state index in [1.165, 1.54) is 37.9 Å². The van der Waals surface area contributed by atoms with Crippen LogP contribution < -0.4 is 0 Å². The van der Waals surface area contributed by atoms with Crippen molar-refractivity contribution in [1.29, 1.82) is 0 Å². The molecule has 0 aliphatic carbocycles. The lowest BCUT2D eigenvalue weighted by atomic mass is 9.92. The summed E-state index contributed by atoms with van der Waals surface area (Å²) in [5, 5.41) is 0. The molecule has 1 aromatic carbocycles. The molecular formula is C23H35N3O. The lowest BCUT2D eigenvalue weighted by molar-refractivity contribution is -0.133. The van der Waals surface area contributed by atoms with Gasteiger partial charge in [-0.1, -0.05) is 42.5 Å². The molecule has 2 aliphatic heterocycles. The van der Waals surface area contributed by atoms with Crippen LogP contribution in [-0.4, -0.2) is 73.5 Å². The van der Waals surface area contributed by atoms with Gasteiger partial charge in [0, 0.05) is 39.1 Å². The molecule has 0 atom stereocenters. The van der Waals surface area contributed by atoms with Gasteiger partial charge in [0.15, 0.2) is 0 Å². The summed E-state index contributed by atoms with van der Waals surface area (Å²) in [4.78, 5) is 19.4. The van der Waals surface area contributed by atoms with Crippen molar-refractivity contribution in [3.8, 4) is 0 Å². The maximum absolute atomic E-state index is 12.5. The zero-order valence-electron chi connectivity index (χ0n) is 16.9. The normalized spacial score (nSPS) is 20.4. The van der Waals surface area contributed by atoms with E-state index >= 15 is 0 Å². The number of amides is 1. The number of piperidine rings is 1. The van der Waals surface area contributed by atoms with E-state index < -0.39 is 0 Å². The number of nitrogens with zero attached hydrogens (tertiary/aromatic N) is 3. The summed E-state index contributed by atoms with van der Waals surface area (Å²) in [6.07, 6.45) is 10.0. The monoisotopic (exact) mass is 369 g/mol. The minimum atomic E-state index is 0.363. The summed E-state index contributed by atoms with van der Waals surface area (Å²) in [5.41, 5.74) is 1.25. The third-order valence-electron chi connectivity index (χ3n) is 6.04. The predicted octanol–water partition coefficient (Wildman–Crippen LogP) is 3.36. The average molecular weight is 370 g/mol. The second-order valence-corrected chi connectivity index (χ2v) is 8.13. The molecular weight excluding hydrogens is 334 g/mol. The molecule has 27 heavy (non-hydrogen) atoms. The first-order valence-electron chi connectivity index (χ1n) is 10.6. The van der Waals surface area contributed by atoms with Gasteiger partial charge in [-0.15, -0.1) is 0 Å². The topological polar surface area (TPSA) is 26.8 Å². The van der Waals surface area contributed by atoms with E-state index in [0.717, 1.165) is 51.5 Å². The molecule has 0 saturated carbocycles. The minimum Gasteiger partial charge on any atom is -0.340 e. The summed E-state index contributed by atoms with van der Waals surface area (Å²) < 4.78 is 0. The number of benzene rings is 1. The molecule has 2 aliphatic rings. The smallest absolute Gasteiger partial charge is 0.222 e. The first-order chi connectivity index (χ1) is 13.2. The highest BCUT2D eigenvalue weighted by Gasteiger charge is 2.21. The Kier molecular flexibility index (Phi) is 7.91.